The number of hydrogen-bond acceptors (Lipinski definition) is 5. The van der Waals surface area contributed by atoms with E-state index < -0.39 is 5.76 Å². The van der Waals surface area contributed by atoms with Crippen molar-refractivity contribution in [2.75, 3.05) is 18.4 Å². The average molecular weight is 393 g/mol. The van der Waals surface area contributed by atoms with E-state index in [4.69, 9.17) is 4.42 Å². The van der Waals surface area contributed by atoms with Crippen LogP contribution in [-0.4, -0.2) is 29.3 Å². The quantitative estimate of drug-likeness (QED) is 0.744. The minimum Gasteiger partial charge on any atom is -0.388 e. The third kappa shape index (κ3) is 4.96. The first kappa shape index (κ1) is 21.5. The number of H-pyrrole nitrogens is 1. The lowest BCUT2D eigenvalue weighted by Crippen LogP contribution is -2.36. The van der Waals surface area contributed by atoms with Crippen LogP contribution < -0.4 is 16.4 Å². The number of nitrogens with zero attached hydrogens (tertiary/aromatic N) is 1. The maximum Gasteiger partial charge on any atom is 0.434 e. The van der Waals surface area contributed by atoms with Gasteiger partial charge in [0, 0.05) is 22.9 Å². The number of nitrogens with one attached hydrogen (secondary N) is 3. The minimum atomic E-state index is -0.654. The van der Waals surface area contributed by atoms with E-state index in [1.165, 1.54) is 6.07 Å². The van der Waals surface area contributed by atoms with Gasteiger partial charge in [0.15, 0.2) is 0 Å². The molecule has 3 N–H and O–H groups in total. The summed E-state index contributed by atoms with van der Waals surface area (Å²) >= 11 is 0. The molecule has 0 amide bonds. The Labute approximate surface area is 157 Å². The molecular formula is C16H23Cl2FN4O2. The second kappa shape index (κ2) is 9.22. The Bertz CT molecular complexity index is 744. The van der Waals surface area contributed by atoms with Crippen LogP contribution in [0.1, 0.15) is 25.3 Å². The molecular weight excluding hydrogens is 370 g/mol. The van der Waals surface area contributed by atoms with Crippen molar-refractivity contribution in [3.05, 3.63) is 34.1 Å². The molecule has 2 heterocycles. The molecule has 3 rings (SSSR count). The highest BCUT2D eigenvalue weighted by Gasteiger charge is 2.21. The van der Waals surface area contributed by atoms with E-state index in [-0.39, 0.29) is 42.6 Å². The smallest absolute Gasteiger partial charge is 0.388 e. The van der Waals surface area contributed by atoms with E-state index in [2.05, 4.69) is 27.8 Å². The van der Waals surface area contributed by atoms with Crippen LogP contribution in [0, 0.1) is 18.7 Å². The average Bonchev–Trinajstić information content (AvgIpc) is 2.99. The second-order valence-electron chi connectivity index (χ2n) is 6.07. The first-order valence-electron chi connectivity index (χ1n) is 7.88. The summed E-state index contributed by atoms with van der Waals surface area (Å²) in [5.74, 6) is -0.371. The molecule has 0 radical (unpaired) electrons. The Morgan fingerprint density at radius 2 is 2.00 bits per heavy atom. The summed E-state index contributed by atoms with van der Waals surface area (Å²) in [5.41, 5.74) is 1.69. The Morgan fingerprint density at radius 3 is 2.60 bits per heavy atom. The van der Waals surface area contributed by atoms with Crippen molar-refractivity contribution in [3.8, 4) is 11.5 Å². The van der Waals surface area contributed by atoms with Gasteiger partial charge in [-0.1, -0.05) is 0 Å². The molecule has 1 aliphatic rings. The zero-order valence-electron chi connectivity index (χ0n) is 14.1. The van der Waals surface area contributed by atoms with Crippen LogP contribution in [0.2, 0.25) is 0 Å². The number of hydrogen-bond donors (Lipinski definition) is 3. The number of piperidine rings is 1. The molecule has 1 aliphatic heterocycles. The van der Waals surface area contributed by atoms with Crippen molar-refractivity contribution >= 4 is 30.5 Å². The molecule has 0 aliphatic carbocycles. The molecule has 0 saturated carbocycles. The monoisotopic (exact) mass is 392 g/mol. The largest absolute Gasteiger partial charge is 0.434 e. The van der Waals surface area contributed by atoms with Gasteiger partial charge in [0.05, 0.1) is 0 Å². The van der Waals surface area contributed by atoms with Crippen LogP contribution in [0.4, 0.5) is 10.1 Å². The second-order valence-corrected chi connectivity index (χ2v) is 6.07. The summed E-state index contributed by atoms with van der Waals surface area (Å²) in [7, 11) is 0. The summed E-state index contributed by atoms with van der Waals surface area (Å²) < 4.78 is 19.1. The van der Waals surface area contributed by atoms with Gasteiger partial charge < -0.3 is 15.1 Å². The highest BCUT2D eigenvalue weighted by molar-refractivity contribution is 5.85. The molecule has 1 fully saturated rings. The maximum absolute atomic E-state index is 14.2. The Balaban J connectivity index is 0.00000156. The molecule has 0 unspecified atom stereocenters. The van der Waals surface area contributed by atoms with Gasteiger partial charge in [0.25, 0.3) is 0 Å². The zero-order valence-corrected chi connectivity index (χ0v) is 15.7. The van der Waals surface area contributed by atoms with Gasteiger partial charge in [0.2, 0.25) is 5.89 Å². The lowest BCUT2D eigenvalue weighted by atomic mass is 9.91. The van der Waals surface area contributed by atoms with Crippen LogP contribution >= 0.6 is 24.8 Å². The van der Waals surface area contributed by atoms with Gasteiger partial charge >= 0.3 is 5.76 Å². The molecule has 1 aromatic heterocycles. The van der Waals surface area contributed by atoms with Crippen LogP contribution in [0.5, 0.6) is 0 Å². The van der Waals surface area contributed by atoms with Gasteiger partial charge in [-0.3, -0.25) is 0 Å². The number of rotatable bonds is 4. The number of aromatic amines is 1. The van der Waals surface area contributed by atoms with E-state index >= 15 is 0 Å². The molecule has 2 aromatic rings. The summed E-state index contributed by atoms with van der Waals surface area (Å²) in [6.07, 6.45) is 2.20. The van der Waals surface area contributed by atoms with Crippen LogP contribution in [0.15, 0.2) is 21.3 Å². The molecule has 1 atom stereocenters. The van der Waals surface area contributed by atoms with Gasteiger partial charge in [-0.05, 0) is 57.8 Å². The van der Waals surface area contributed by atoms with Gasteiger partial charge in [-0.15, -0.1) is 29.9 Å². The van der Waals surface area contributed by atoms with Crippen molar-refractivity contribution in [2.24, 2.45) is 5.92 Å². The SMILES string of the molecule is Cc1c(F)cc(-c2n[nH]c(=O)o2)cc1N[C@@H](C)C1CCNCC1.Cl.Cl. The fourth-order valence-corrected chi connectivity index (χ4v) is 3.01. The third-order valence-electron chi connectivity index (χ3n) is 4.50. The summed E-state index contributed by atoms with van der Waals surface area (Å²) in [4.78, 5) is 11.1. The molecule has 9 heteroatoms. The van der Waals surface area contributed by atoms with E-state index in [9.17, 15) is 9.18 Å². The molecule has 25 heavy (non-hydrogen) atoms. The molecule has 140 valence electrons. The first-order chi connectivity index (χ1) is 11.0. The van der Waals surface area contributed by atoms with Gasteiger partial charge in [0.1, 0.15) is 5.82 Å². The van der Waals surface area contributed by atoms with E-state index in [1.807, 2.05) is 0 Å². The number of anilines is 1. The minimum absolute atomic E-state index is 0. The highest BCUT2D eigenvalue weighted by atomic mass is 35.5. The van der Waals surface area contributed by atoms with Crippen molar-refractivity contribution in [3.63, 3.8) is 0 Å². The molecule has 0 spiro atoms. The third-order valence-corrected chi connectivity index (χ3v) is 4.50. The topological polar surface area (TPSA) is 83.0 Å². The first-order valence-corrected chi connectivity index (χ1v) is 7.88. The highest BCUT2D eigenvalue weighted by Crippen LogP contribution is 2.28. The van der Waals surface area contributed by atoms with Crippen molar-refractivity contribution < 1.29 is 8.81 Å². The molecule has 1 aromatic carbocycles. The number of aromatic nitrogens is 2. The van der Waals surface area contributed by atoms with Gasteiger partial charge in [-0.25, -0.2) is 14.3 Å². The molecule has 1 saturated heterocycles. The number of benzene rings is 1. The molecule has 6 nitrogen and oxygen atoms in total. The van der Waals surface area contributed by atoms with E-state index in [1.54, 1.807) is 13.0 Å². The predicted octanol–water partition coefficient (Wildman–Crippen LogP) is 3.12. The summed E-state index contributed by atoms with van der Waals surface area (Å²) in [5, 5.41) is 12.7. The van der Waals surface area contributed by atoms with Gasteiger partial charge in [-0.2, -0.15) is 0 Å². The lowest BCUT2D eigenvalue weighted by molar-refractivity contribution is 0.343. The molecule has 0 bridgehead atoms. The van der Waals surface area contributed by atoms with Crippen molar-refractivity contribution in [1.29, 1.82) is 0 Å². The lowest BCUT2D eigenvalue weighted by Gasteiger charge is -2.30. The fourth-order valence-electron chi connectivity index (χ4n) is 3.01. The standard InChI is InChI=1S/C16H21FN4O2.2ClH/c1-9-13(17)7-12(15-20-21-16(22)23-15)8-14(9)19-10(2)11-3-5-18-6-4-11;;/h7-8,10-11,18-19H,3-6H2,1-2H3,(H,21,22);2*1H/t10-;;/m0../s1. The summed E-state index contributed by atoms with van der Waals surface area (Å²) in [6, 6.07) is 3.33. The summed E-state index contributed by atoms with van der Waals surface area (Å²) in [6.45, 7) is 5.89. The zero-order chi connectivity index (χ0) is 16.4. The predicted molar refractivity (Wildman–Crippen MR) is 100 cm³/mol. The normalized spacial score (nSPS) is 15.8. The van der Waals surface area contributed by atoms with Crippen LogP contribution in [0.3, 0.4) is 0 Å². The van der Waals surface area contributed by atoms with Crippen molar-refractivity contribution in [1.82, 2.24) is 15.5 Å². The van der Waals surface area contributed by atoms with Crippen LogP contribution in [-0.2, 0) is 0 Å². The van der Waals surface area contributed by atoms with E-state index in [0.717, 1.165) is 25.9 Å². The number of halogens is 3. The Kier molecular flexibility index (Phi) is 7.92. The maximum atomic E-state index is 14.2. The Morgan fingerprint density at radius 1 is 1.32 bits per heavy atom. The van der Waals surface area contributed by atoms with Crippen molar-refractivity contribution in [2.45, 2.75) is 32.7 Å². The fraction of sp³-hybridized carbons (Fsp3) is 0.500. The van der Waals surface area contributed by atoms with E-state index in [0.29, 0.717) is 22.7 Å². The Hall–Kier alpha value is -1.57. The van der Waals surface area contributed by atoms with Crippen LogP contribution in [0.25, 0.3) is 11.5 Å².